The van der Waals surface area contributed by atoms with E-state index in [1.54, 1.807) is 0 Å². The van der Waals surface area contributed by atoms with Crippen molar-refractivity contribution in [3.8, 4) is 0 Å². The normalized spacial score (nSPS) is 12.7. The Bertz CT molecular complexity index is 758. The van der Waals surface area contributed by atoms with Crippen LogP contribution >= 0.6 is 0 Å². The van der Waals surface area contributed by atoms with Crippen molar-refractivity contribution < 1.29 is 0 Å². The molecule has 21 heavy (non-hydrogen) atoms. The Hall–Kier alpha value is -2.13. The molecule has 0 saturated carbocycles. The third-order valence-corrected chi connectivity index (χ3v) is 3.97. The Labute approximate surface area is 125 Å². The van der Waals surface area contributed by atoms with Crippen LogP contribution in [0.3, 0.4) is 0 Å². The molecule has 1 unspecified atom stereocenters. The molecule has 1 N–H and O–H groups in total. The standard InChI is InChI=1S/C18H21N3/c1-4-19-17(14-10-6-5-9-13(14)2)18-15-11-7-8-12-16(15)21(3)20-18/h5-12,17,19H,4H2,1-3H3. The van der Waals surface area contributed by atoms with E-state index >= 15 is 0 Å². The van der Waals surface area contributed by atoms with Gasteiger partial charge in [-0.1, -0.05) is 49.4 Å². The van der Waals surface area contributed by atoms with Gasteiger partial charge in [-0.2, -0.15) is 5.10 Å². The molecule has 1 heterocycles. The first kappa shape index (κ1) is 13.8. The molecule has 2 aromatic carbocycles. The van der Waals surface area contributed by atoms with Crippen LogP contribution in [-0.4, -0.2) is 16.3 Å². The minimum absolute atomic E-state index is 0.127. The van der Waals surface area contributed by atoms with Crippen molar-refractivity contribution in [2.24, 2.45) is 7.05 Å². The second-order valence-corrected chi connectivity index (χ2v) is 5.37. The number of nitrogens with zero attached hydrogens (tertiary/aromatic N) is 2. The number of benzene rings is 2. The SMILES string of the molecule is CCNC(c1ccccc1C)c1nn(C)c2ccccc12. The molecule has 0 aliphatic heterocycles. The quantitative estimate of drug-likeness (QED) is 0.791. The van der Waals surface area contributed by atoms with E-state index in [9.17, 15) is 0 Å². The van der Waals surface area contributed by atoms with Gasteiger partial charge < -0.3 is 5.32 Å². The highest BCUT2D eigenvalue weighted by Crippen LogP contribution is 2.29. The van der Waals surface area contributed by atoms with Crippen molar-refractivity contribution in [1.82, 2.24) is 15.1 Å². The Balaban J connectivity index is 2.19. The van der Waals surface area contributed by atoms with Gasteiger partial charge in [0.2, 0.25) is 0 Å². The smallest absolute Gasteiger partial charge is 0.0918 e. The van der Waals surface area contributed by atoms with Crippen LogP contribution in [0.15, 0.2) is 48.5 Å². The molecule has 1 aromatic heterocycles. The fourth-order valence-corrected chi connectivity index (χ4v) is 2.92. The summed E-state index contributed by atoms with van der Waals surface area (Å²) in [6.45, 7) is 5.20. The van der Waals surface area contributed by atoms with Crippen LogP contribution in [0.1, 0.15) is 29.8 Å². The number of hydrogen-bond donors (Lipinski definition) is 1. The third kappa shape index (κ3) is 2.45. The molecular formula is C18H21N3. The van der Waals surface area contributed by atoms with Gasteiger partial charge in [-0.25, -0.2) is 0 Å². The van der Waals surface area contributed by atoms with E-state index in [1.807, 2.05) is 11.7 Å². The lowest BCUT2D eigenvalue weighted by Gasteiger charge is -2.19. The number of aryl methyl sites for hydroxylation is 2. The number of fused-ring (bicyclic) bond motifs is 1. The maximum absolute atomic E-state index is 4.78. The second-order valence-electron chi connectivity index (χ2n) is 5.37. The van der Waals surface area contributed by atoms with Gasteiger partial charge in [0.05, 0.1) is 17.3 Å². The van der Waals surface area contributed by atoms with Gasteiger partial charge in [-0.15, -0.1) is 0 Å². The maximum atomic E-state index is 4.78. The predicted molar refractivity (Wildman–Crippen MR) is 87.4 cm³/mol. The number of para-hydroxylation sites is 1. The zero-order valence-corrected chi connectivity index (χ0v) is 12.8. The largest absolute Gasteiger partial charge is 0.305 e. The van der Waals surface area contributed by atoms with Crippen molar-refractivity contribution in [3.63, 3.8) is 0 Å². The fraction of sp³-hybridized carbons (Fsp3) is 0.278. The van der Waals surface area contributed by atoms with Crippen LogP contribution in [0.4, 0.5) is 0 Å². The number of rotatable bonds is 4. The van der Waals surface area contributed by atoms with Gasteiger partial charge in [0, 0.05) is 12.4 Å². The molecule has 1 atom stereocenters. The van der Waals surface area contributed by atoms with Gasteiger partial charge in [-0.05, 0) is 30.7 Å². The van der Waals surface area contributed by atoms with Crippen LogP contribution in [-0.2, 0) is 7.05 Å². The minimum atomic E-state index is 0.127. The molecule has 108 valence electrons. The highest BCUT2D eigenvalue weighted by molar-refractivity contribution is 5.82. The number of hydrogen-bond acceptors (Lipinski definition) is 2. The lowest BCUT2D eigenvalue weighted by atomic mass is 9.97. The summed E-state index contributed by atoms with van der Waals surface area (Å²) in [6, 6.07) is 17.1. The van der Waals surface area contributed by atoms with Crippen molar-refractivity contribution >= 4 is 10.9 Å². The fourth-order valence-electron chi connectivity index (χ4n) is 2.92. The summed E-state index contributed by atoms with van der Waals surface area (Å²) in [4.78, 5) is 0. The van der Waals surface area contributed by atoms with E-state index in [0.717, 1.165) is 12.2 Å². The molecule has 0 amide bonds. The average molecular weight is 279 g/mol. The lowest BCUT2D eigenvalue weighted by Crippen LogP contribution is -2.23. The van der Waals surface area contributed by atoms with E-state index in [0.29, 0.717) is 0 Å². The Morgan fingerprint density at radius 2 is 1.81 bits per heavy atom. The van der Waals surface area contributed by atoms with Gasteiger partial charge in [-0.3, -0.25) is 4.68 Å². The van der Waals surface area contributed by atoms with E-state index in [4.69, 9.17) is 5.10 Å². The summed E-state index contributed by atoms with van der Waals surface area (Å²) in [7, 11) is 2.01. The van der Waals surface area contributed by atoms with Crippen LogP contribution in [0.5, 0.6) is 0 Å². The van der Waals surface area contributed by atoms with E-state index < -0.39 is 0 Å². The Morgan fingerprint density at radius 1 is 1.10 bits per heavy atom. The maximum Gasteiger partial charge on any atom is 0.0918 e. The topological polar surface area (TPSA) is 29.9 Å². The van der Waals surface area contributed by atoms with E-state index in [-0.39, 0.29) is 6.04 Å². The molecule has 0 aliphatic rings. The van der Waals surface area contributed by atoms with E-state index in [1.165, 1.54) is 22.0 Å². The third-order valence-electron chi connectivity index (χ3n) is 3.97. The van der Waals surface area contributed by atoms with Crippen molar-refractivity contribution in [2.75, 3.05) is 6.54 Å². The zero-order valence-electron chi connectivity index (χ0n) is 12.8. The summed E-state index contributed by atoms with van der Waals surface area (Å²) < 4.78 is 1.97. The number of nitrogens with one attached hydrogen (secondary N) is 1. The predicted octanol–water partition coefficient (Wildman–Crippen LogP) is 3.58. The van der Waals surface area contributed by atoms with Crippen LogP contribution in [0.2, 0.25) is 0 Å². The van der Waals surface area contributed by atoms with Gasteiger partial charge in [0.15, 0.2) is 0 Å². The first-order chi connectivity index (χ1) is 10.2. The summed E-state index contributed by atoms with van der Waals surface area (Å²) >= 11 is 0. The number of aromatic nitrogens is 2. The van der Waals surface area contributed by atoms with Crippen LogP contribution < -0.4 is 5.32 Å². The van der Waals surface area contributed by atoms with Gasteiger partial charge in [0.1, 0.15) is 0 Å². The molecular weight excluding hydrogens is 258 g/mol. The molecule has 3 heteroatoms. The van der Waals surface area contributed by atoms with Crippen LogP contribution in [0.25, 0.3) is 10.9 Å². The van der Waals surface area contributed by atoms with Gasteiger partial charge in [0.25, 0.3) is 0 Å². The Kier molecular flexibility index (Phi) is 3.76. The Morgan fingerprint density at radius 3 is 2.57 bits per heavy atom. The molecule has 0 spiro atoms. The highest BCUT2D eigenvalue weighted by atomic mass is 15.3. The molecule has 3 rings (SSSR count). The molecule has 0 saturated heterocycles. The van der Waals surface area contributed by atoms with Crippen LogP contribution in [0, 0.1) is 6.92 Å². The molecule has 0 aliphatic carbocycles. The second kappa shape index (κ2) is 5.70. The molecule has 0 radical (unpaired) electrons. The van der Waals surface area contributed by atoms with Gasteiger partial charge >= 0.3 is 0 Å². The summed E-state index contributed by atoms with van der Waals surface area (Å²) in [6.07, 6.45) is 0. The molecule has 0 bridgehead atoms. The molecule has 3 aromatic rings. The van der Waals surface area contributed by atoms with Crippen molar-refractivity contribution in [2.45, 2.75) is 19.9 Å². The molecule has 0 fully saturated rings. The van der Waals surface area contributed by atoms with E-state index in [2.05, 4.69) is 67.7 Å². The van der Waals surface area contributed by atoms with Crippen molar-refractivity contribution in [3.05, 3.63) is 65.4 Å². The highest BCUT2D eigenvalue weighted by Gasteiger charge is 2.21. The first-order valence-corrected chi connectivity index (χ1v) is 7.43. The lowest BCUT2D eigenvalue weighted by molar-refractivity contribution is 0.601. The summed E-state index contributed by atoms with van der Waals surface area (Å²) in [5.41, 5.74) is 4.86. The van der Waals surface area contributed by atoms with Crippen molar-refractivity contribution in [1.29, 1.82) is 0 Å². The molecule has 3 nitrogen and oxygen atoms in total. The zero-order chi connectivity index (χ0) is 14.8. The monoisotopic (exact) mass is 279 g/mol. The summed E-state index contributed by atoms with van der Waals surface area (Å²) in [5.74, 6) is 0. The average Bonchev–Trinajstić information content (AvgIpc) is 2.83. The summed E-state index contributed by atoms with van der Waals surface area (Å²) in [5, 5.41) is 9.58. The minimum Gasteiger partial charge on any atom is -0.305 e. The first-order valence-electron chi connectivity index (χ1n) is 7.43.